The van der Waals surface area contributed by atoms with Gasteiger partial charge >= 0.3 is 0 Å². The van der Waals surface area contributed by atoms with Crippen molar-refractivity contribution in [2.45, 2.75) is 20.4 Å². The second kappa shape index (κ2) is 6.05. The summed E-state index contributed by atoms with van der Waals surface area (Å²) in [6.07, 6.45) is 4.94. The lowest BCUT2D eigenvalue weighted by atomic mass is 10.1. The first-order valence-electron chi connectivity index (χ1n) is 5.47. The van der Waals surface area contributed by atoms with Crippen LogP contribution in [0, 0.1) is 5.92 Å². The minimum atomic E-state index is 0.0422. The van der Waals surface area contributed by atoms with Crippen LogP contribution in [-0.4, -0.2) is 27.3 Å². The molecular weight excluding hydrogens is 218 g/mol. The van der Waals surface area contributed by atoms with E-state index in [-0.39, 0.29) is 12.5 Å². The van der Waals surface area contributed by atoms with Crippen molar-refractivity contribution in [3.8, 4) is 0 Å². The van der Waals surface area contributed by atoms with E-state index < -0.39 is 0 Å². The average Bonchev–Trinajstić information content (AvgIpc) is 2.65. The summed E-state index contributed by atoms with van der Waals surface area (Å²) in [7, 11) is 0. The van der Waals surface area contributed by atoms with Crippen LogP contribution in [0.3, 0.4) is 0 Å². The van der Waals surface area contributed by atoms with E-state index >= 15 is 0 Å². The lowest BCUT2D eigenvalue weighted by molar-refractivity contribution is 0.269. The highest BCUT2D eigenvalue weighted by molar-refractivity contribution is 5.93. The van der Waals surface area contributed by atoms with Gasteiger partial charge in [0, 0.05) is 5.70 Å². The Balaban J connectivity index is 2.76. The standard InChI is InChI=1S/C11H19N5O/c1-8(2)10(12)5-11(13)15-9-6-14-16(7-9)3-4-17/h5-8,17H,3-4,12H2,1-2H3,(H2,13,15). The molecule has 5 N–H and O–H groups in total. The maximum atomic E-state index is 8.74. The normalized spacial score (nSPS) is 13.4. The molecule has 0 aliphatic heterocycles. The van der Waals surface area contributed by atoms with E-state index in [0.717, 1.165) is 0 Å². The van der Waals surface area contributed by atoms with Crippen molar-refractivity contribution in [3.05, 3.63) is 24.2 Å². The predicted molar refractivity (Wildman–Crippen MR) is 67.7 cm³/mol. The third-order valence-corrected chi connectivity index (χ3v) is 2.19. The van der Waals surface area contributed by atoms with E-state index in [2.05, 4.69) is 10.1 Å². The number of nitrogens with two attached hydrogens (primary N) is 2. The van der Waals surface area contributed by atoms with Crippen LogP contribution in [0.5, 0.6) is 0 Å². The summed E-state index contributed by atoms with van der Waals surface area (Å²) < 4.78 is 1.60. The van der Waals surface area contributed by atoms with Crippen molar-refractivity contribution in [1.82, 2.24) is 9.78 Å². The van der Waals surface area contributed by atoms with Gasteiger partial charge in [-0.2, -0.15) is 5.10 Å². The smallest absolute Gasteiger partial charge is 0.125 e. The molecule has 6 nitrogen and oxygen atoms in total. The predicted octanol–water partition coefficient (Wildman–Crippen LogP) is 0.363. The molecule has 1 rings (SSSR count). The number of aromatic nitrogens is 2. The molecule has 0 atom stereocenters. The van der Waals surface area contributed by atoms with E-state index in [1.54, 1.807) is 23.2 Å². The first-order valence-corrected chi connectivity index (χ1v) is 5.47. The summed E-state index contributed by atoms with van der Waals surface area (Å²) in [6.45, 7) is 4.46. The lowest BCUT2D eigenvalue weighted by Crippen LogP contribution is -2.14. The van der Waals surface area contributed by atoms with E-state index in [1.165, 1.54) is 0 Å². The van der Waals surface area contributed by atoms with Crippen LogP contribution < -0.4 is 11.5 Å². The Hall–Kier alpha value is -1.82. The molecule has 0 radical (unpaired) electrons. The lowest BCUT2D eigenvalue weighted by Gasteiger charge is -2.03. The maximum Gasteiger partial charge on any atom is 0.125 e. The van der Waals surface area contributed by atoms with Crippen LogP contribution in [0.4, 0.5) is 5.69 Å². The first-order chi connectivity index (χ1) is 8.02. The van der Waals surface area contributed by atoms with Gasteiger partial charge < -0.3 is 16.6 Å². The minimum Gasteiger partial charge on any atom is -0.402 e. The third kappa shape index (κ3) is 4.28. The monoisotopic (exact) mass is 237 g/mol. The van der Waals surface area contributed by atoms with Crippen LogP contribution in [0.15, 0.2) is 29.2 Å². The molecule has 0 fully saturated rings. The van der Waals surface area contributed by atoms with Crippen molar-refractivity contribution >= 4 is 11.5 Å². The van der Waals surface area contributed by atoms with Crippen molar-refractivity contribution < 1.29 is 5.11 Å². The zero-order valence-electron chi connectivity index (χ0n) is 10.2. The van der Waals surface area contributed by atoms with Gasteiger partial charge in [-0.3, -0.25) is 4.68 Å². The van der Waals surface area contributed by atoms with Crippen LogP contribution in [0.25, 0.3) is 0 Å². The number of amidine groups is 1. The van der Waals surface area contributed by atoms with E-state index in [4.69, 9.17) is 16.6 Å². The highest BCUT2D eigenvalue weighted by Gasteiger charge is 2.00. The number of aliphatic imine (C=N–C) groups is 1. The molecule has 94 valence electrons. The Morgan fingerprint density at radius 3 is 2.88 bits per heavy atom. The van der Waals surface area contributed by atoms with Gasteiger partial charge in [0.05, 0.1) is 25.5 Å². The van der Waals surface area contributed by atoms with E-state index in [1.807, 2.05) is 13.8 Å². The Bertz CT molecular complexity index is 419. The van der Waals surface area contributed by atoms with Crippen molar-refractivity contribution in [2.75, 3.05) is 6.61 Å². The number of aliphatic hydroxyl groups excluding tert-OH is 1. The molecule has 0 amide bonds. The molecule has 1 aromatic rings. The fourth-order valence-electron chi connectivity index (χ4n) is 1.15. The highest BCUT2D eigenvalue weighted by Crippen LogP contribution is 2.10. The molecule has 0 spiro atoms. The molecule has 0 aliphatic rings. The molecule has 1 aromatic heterocycles. The van der Waals surface area contributed by atoms with Gasteiger partial charge in [-0.1, -0.05) is 13.8 Å². The Kier molecular flexibility index (Phi) is 4.71. The largest absolute Gasteiger partial charge is 0.402 e. The summed E-state index contributed by atoms with van der Waals surface area (Å²) in [5, 5.41) is 12.8. The van der Waals surface area contributed by atoms with Crippen LogP contribution in [-0.2, 0) is 6.54 Å². The van der Waals surface area contributed by atoms with Gasteiger partial charge in [-0.15, -0.1) is 0 Å². The Morgan fingerprint density at radius 2 is 2.29 bits per heavy atom. The third-order valence-electron chi connectivity index (χ3n) is 2.19. The van der Waals surface area contributed by atoms with Crippen molar-refractivity contribution in [2.24, 2.45) is 22.4 Å². The van der Waals surface area contributed by atoms with E-state index in [9.17, 15) is 0 Å². The van der Waals surface area contributed by atoms with Gasteiger partial charge in [-0.25, -0.2) is 4.99 Å². The average molecular weight is 237 g/mol. The van der Waals surface area contributed by atoms with Crippen molar-refractivity contribution in [1.29, 1.82) is 0 Å². The molecular formula is C11H19N5O. The van der Waals surface area contributed by atoms with E-state index in [0.29, 0.717) is 23.8 Å². The summed E-state index contributed by atoms with van der Waals surface area (Å²) in [6, 6.07) is 0. The summed E-state index contributed by atoms with van der Waals surface area (Å²) in [5.74, 6) is 0.584. The van der Waals surface area contributed by atoms with Gasteiger partial charge in [-0.05, 0) is 12.0 Å². The van der Waals surface area contributed by atoms with Gasteiger partial charge in [0.15, 0.2) is 0 Å². The Labute approximate surface area is 101 Å². The molecule has 0 bridgehead atoms. The summed E-state index contributed by atoms with van der Waals surface area (Å²) in [4.78, 5) is 4.16. The zero-order chi connectivity index (χ0) is 12.8. The fourth-order valence-corrected chi connectivity index (χ4v) is 1.15. The highest BCUT2D eigenvalue weighted by atomic mass is 16.3. The van der Waals surface area contributed by atoms with Crippen LogP contribution in [0.1, 0.15) is 13.8 Å². The SMILES string of the molecule is CC(C)C(N)=CC(N)=Nc1cnn(CCO)c1. The molecule has 0 saturated carbocycles. The van der Waals surface area contributed by atoms with Gasteiger partial charge in [0.25, 0.3) is 0 Å². The zero-order valence-corrected chi connectivity index (χ0v) is 10.2. The molecule has 0 aromatic carbocycles. The fraction of sp³-hybridized carbons (Fsp3) is 0.455. The van der Waals surface area contributed by atoms with Crippen LogP contribution >= 0.6 is 0 Å². The number of aliphatic hydroxyl groups is 1. The van der Waals surface area contributed by atoms with Crippen LogP contribution in [0.2, 0.25) is 0 Å². The number of hydrogen-bond acceptors (Lipinski definition) is 4. The molecule has 0 unspecified atom stereocenters. The minimum absolute atomic E-state index is 0.0422. The van der Waals surface area contributed by atoms with Crippen molar-refractivity contribution in [3.63, 3.8) is 0 Å². The molecule has 6 heteroatoms. The summed E-state index contributed by atoms with van der Waals surface area (Å²) in [5.41, 5.74) is 12.8. The maximum absolute atomic E-state index is 8.74. The second-order valence-corrected chi connectivity index (χ2v) is 4.02. The Morgan fingerprint density at radius 1 is 1.59 bits per heavy atom. The number of hydrogen-bond donors (Lipinski definition) is 3. The first kappa shape index (κ1) is 13.2. The van der Waals surface area contributed by atoms with Gasteiger partial charge in [0.1, 0.15) is 11.5 Å². The topological polar surface area (TPSA) is 102 Å². The molecule has 0 aliphatic carbocycles. The second-order valence-electron chi connectivity index (χ2n) is 4.02. The number of allylic oxidation sites excluding steroid dienone is 1. The quantitative estimate of drug-likeness (QED) is 0.508. The van der Waals surface area contributed by atoms with Gasteiger partial charge in [0.2, 0.25) is 0 Å². The molecule has 0 saturated heterocycles. The number of nitrogens with zero attached hydrogens (tertiary/aromatic N) is 3. The molecule has 17 heavy (non-hydrogen) atoms. The summed E-state index contributed by atoms with van der Waals surface area (Å²) >= 11 is 0. The number of rotatable bonds is 5. The molecule has 1 heterocycles.